The zero-order chi connectivity index (χ0) is 18.9. The van der Waals surface area contributed by atoms with Gasteiger partial charge in [-0.15, -0.1) is 0 Å². The first-order valence-electron chi connectivity index (χ1n) is 8.10. The number of pyridine rings is 1. The van der Waals surface area contributed by atoms with Crippen LogP contribution in [0.1, 0.15) is 34.3 Å². The summed E-state index contributed by atoms with van der Waals surface area (Å²) in [4.78, 5) is 17.9. The van der Waals surface area contributed by atoms with E-state index in [-0.39, 0.29) is 37.4 Å². The van der Waals surface area contributed by atoms with Crippen LogP contribution >= 0.6 is 0 Å². The van der Waals surface area contributed by atoms with Gasteiger partial charge in [-0.05, 0) is 42.7 Å². The molecule has 1 fully saturated rings. The van der Waals surface area contributed by atoms with Crippen molar-refractivity contribution < 1.29 is 23.1 Å². The highest BCUT2D eigenvalue weighted by Crippen LogP contribution is 2.37. The molecule has 1 aliphatic heterocycles. The van der Waals surface area contributed by atoms with Crippen molar-refractivity contribution in [3.63, 3.8) is 0 Å². The number of rotatable bonds is 2. The second-order valence-corrected chi connectivity index (χ2v) is 6.37. The molecule has 2 heterocycles. The lowest BCUT2D eigenvalue weighted by atomic mass is 9.83. The number of likely N-dealkylation sites (tertiary alicyclic amines) is 1. The van der Waals surface area contributed by atoms with E-state index in [1.807, 2.05) is 0 Å². The highest BCUT2D eigenvalue weighted by atomic mass is 19.4. The van der Waals surface area contributed by atoms with Crippen molar-refractivity contribution in [1.29, 1.82) is 0 Å². The molecule has 5 nitrogen and oxygen atoms in total. The molecule has 1 aliphatic rings. The lowest BCUT2D eigenvalue weighted by Crippen LogP contribution is -2.45. The van der Waals surface area contributed by atoms with Crippen LogP contribution in [0.5, 0.6) is 0 Å². The molecule has 0 saturated carbocycles. The Labute approximate surface area is 148 Å². The molecule has 1 saturated heterocycles. The van der Waals surface area contributed by atoms with E-state index in [9.17, 15) is 23.1 Å². The lowest BCUT2D eigenvalue weighted by Gasteiger charge is -2.38. The number of alkyl halides is 3. The minimum atomic E-state index is -4.47. The average Bonchev–Trinajstić information content (AvgIpc) is 2.62. The summed E-state index contributed by atoms with van der Waals surface area (Å²) in [7, 11) is 0. The summed E-state index contributed by atoms with van der Waals surface area (Å²) in [6, 6.07) is 7.81. The number of anilines is 1. The fourth-order valence-corrected chi connectivity index (χ4v) is 3.07. The maximum Gasteiger partial charge on any atom is 0.416 e. The zero-order valence-electron chi connectivity index (χ0n) is 13.8. The molecule has 1 aromatic heterocycles. The second-order valence-electron chi connectivity index (χ2n) is 6.37. The number of halogens is 3. The van der Waals surface area contributed by atoms with Crippen molar-refractivity contribution in [2.75, 3.05) is 18.8 Å². The van der Waals surface area contributed by atoms with Gasteiger partial charge in [-0.2, -0.15) is 13.2 Å². The van der Waals surface area contributed by atoms with Crippen molar-refractivity contribution >= 4 is 11.7 Å². The Hall–Kier alpha value is -2.61. The minimum absolute atomic E-state index is 0.155. The Bertz CT molecular complexity index is 798. The summed E-state index contributed by atoms with van der Waals surface area (Å²) in [5, 5.41) is 10.8. The lowest BCUT2D eigenvalue weighted by molar-refractivity contribution is -0.137. The highest BCUT2D eigenvalue weighted by Gasteiger charge is 2.38. The number of hydrogen-bond donors (Lipinski definition) is 2. The van der Waals surface area contributed by atoms with Gasteiger partial charge in [0.05, 0.1) is 16.7 Å². The van der Waals surface area contributed by atoms with Gasteiger partial charge in [0.25, 0.3) is 5.91 Å². The molecule has 2 aromatic rings. The van der Waals surface area contributed by atoms with Crippen molar-refractivity contribution in [2.24, 2.45) is 0 Å². The van der Waals surface area contributed by atoms with Gasteiger partial charge in [0.2, 0.25) is 0 Å². The summed E-state index contributed by atoms with van der Waals surface area (Å²) in [5.74, 6) is 0.0581. The van der Waals surface area contributed by atoms with E-state index in [4.69, 9.17) is 5.73 Å². The molecule has 0 radical (unpaired) electrons. The van der Waals surface area contributed by atoms with E-state index in [1.165, 1.54) is 24.4 Å². The number of hydrogen-bond acceptors (Lipinski definition) is 4. The van der Waals surface area contributed by atoms with Crippen molar-refractivity contribution in [3.05, 3.63) is 59.3 Å². The Morgan fingerprint density at radius 3 is 2.46 bits per heavy atom. The molecule has 0 atom stereocenters. The molecule has 26 heavy (non-hydrogen) atoms. The number of nitrogens with two attached hydrogens (primary N) is 1. The first-order chi connectivity index (χ1) is 12.2. The van der Waals surface area contributed by atoms with Gasteiger partial charge in [-0.1, -0.05) is 12.1 Å². The third kappa shape index (κ3) is 3.65. The number of benzene rings is 1. The monoisotopic (exact) mass is 365 g/mol. The van der Waals surface area contributed by atoms with E-state index in [2.05, 4.69) is 4.98 Å². The molecule has 1 aromatic carbocycles. The normalized spacial score (nSPS) is 17.2. The number of carbonyl (C=O) groups excluding carboxylic acids is 1. The van der Waals surface area contributed by atoms with E-state index < -0.39 is 17.3 Å². The summed E-state index contributed by atoms with van der Waals surface area (Å²) >= 11 is 0. The number of nitrogen functional groups attached to an aromatic ring is 1. The Kier molecular flexibility index (Phi) is 4.62. The largest absolute Gasteiger partial charge is 0.416 e. The van der Waals surface area contributed by atoms with E-state index in [0.717, 1.165) is 12.1 Å². The number of nitrogens with zero attached hydrogens (tertiary/aromatic N) is 2. The molecular weight excluding hydrogens is 347 g/mol. The standard InChI is InChI=1S/C18H18F3N3O2/c19-18(20,21)14-3-1-2-13(10-14)17(26)6-8-24(9-7-17)16(25)12-4-5-15(22)23-11-12/h1-5,10-11,26H,6-9H2,(H2,22,23). The van der Waals surface area contributed by atoms with Crippen LogP contribution in [0, 0.1) is 0 Å². The Morgan fingerprint density at radius 1 is 1.19 bits per heavy atom. The van der Waals surface area contributed by atoms with Gasteiger partial charge < -0.3 is 15.7 Å². The van der Waals surface area contributed by atoms with Crippen molar-refractivity contribution in [2.45, 2.75) is 24.6 Å². The van der Waals surface area contributed by atoms with E-state index in [1.54, 1.807) is 11.0 Å². The van der Waals surface area contributed by atoms with Crippen molar-refractivity contribution in [3.8, 4) is 0 Å². The van der Waals surface area contributed by atoms with Crippen LogP contribution in [0.4, 0.5) is 19.0 Å². The molecule has 3 rings (SSSR count). The van der Waals surface area contributed by atoms with Gasteiger partial charge >= 0.3 is 6.18 Å². The molecular formula is C18H18F3N3O2. The Balaban J connectivity index is 1.73. The topological polar surface area (TPSA) is 79.5 Å². The number of amides is 1. The molecule has 1 amide bonds. The summed E-state index contributed by atoms with van der Waals surface area (Å²) in [6.07, 6.45) is -2.78. The third-order valence-electron chi connectivity index (χ3n) is 4.64. The molecule has 3 N–H and O–H groups in total. The van der Waals surface area contributed by atoms with Gasteiger partial charge in [-0.25, -0.2) is 4.98 Å². The number of carbonyl (C=O) groups is 1. The van der Waals surface area contributed by atoms with Gasteiger partial charge in [0.15, 0.2) is 0 Å². The molecule has 8 heteroatoms. The minimum Gasteiger partial charge on any atom is -0.385 e. The first kappa shape index (κ1) is 18.2. The van der Waals surface area contributed by atoms with Crippen LogP contribution in [0.15, 0.2) is 42.6 Å². The van der Waals surface area contributed by atoms with Gasteiger partial charge in [-0.3, -0.25) is 4.79 Å². The number of aromatic nitrogens is 1. The van der Waals surface area contributed by atoms with Crippen LogP contribution in [-0.4, -0.2) is 34.0 Å². The molecule has 138 valence electrons. The summed E-state index contributed by atoms with van der Waals surface area (Å²) < 4.78 is 38.7. The molecule has 0 aliphatic carbocycles. The van der Waals surface area contributed by atoms with Crippen LogP contribution in [-0.2, 0) is 11.8 Å². The summed E-state index contributed by atoms with van der Waals surface area (Å²) in [6.45, 7) is 0.464. The molecule has 0 spiro atoms. The fourth-order valence-electron chi connectivity index (χ4n) is 3.07. The van der Waals surface area contributed by atoms with Gasteiger partial charge in [0, 0.05) is 19.3 Å². The smallest absolute Gasteiger partial charge is 0.385 e. The zero-order valence-corrected chi connectivity index (χ0v) is 13.8. The number of aliphatic hydroxyl groups is 1. The van der Waals surface area contributed by atoms with Crippen molar-refractivity contribution in [1.82, 2.24) is 9.88 Å². The van der Waals surface area contributed by atoms with E-state index >= 15 is 0 Å². The quantitative estimate of drug-likeness (QED) is 0.858. The van der Waals surface area contributed by atoms with Crippen LogP contribution in [0.3, 0.4) is 0 Å². The molecule has 0 unspecified atom stereocenters. The maximum absolute atomic E-state index is 12.9. The van der Waals surface area contributed by atoms with Gasteiger partial charge in [0.1, 0.15) is 5.82 Å². The fraction of sp³-hybridized carbons (Fsp3) is 0.333. The molecule has 0 bridgehead atoms. The third-order valence-corrected chi connectivity index (χ3v) is 4.64. The predicted molar refractivity (Wildman–Crippen MR) is 89.1 cm³/mol. The maximum atomic E-state index is 12.9. The number of piperidine rings is 1. The predicted octanol–water partition coefficient (Wildman–Crippen LogP) is 2.81. The average molecular weight is 365 g/mol. The second kappa shape index (κ2) is 6.60. The van der Waals surface area contributed by atoms with Crippen LogP contribution in [0.25, 0.3) is 0 Å². The van der Waals surface area contributed by atoms with Crippen LogP contribution in [0.2, 0.25) is 0 Å². The SMILES string of the molecule is Nc1ccc(C(=O)N2CCC(O)(c3cccc(C(F)(F)F)c3)CC2)cn1. The van der Waals surface area contributed by atoms with E-state index in [0.29, 0.717) is 11.4 Å². The Morgan fingerprint density at radius 2 is 1.88 bits per heavy atom. The van der Waals surface area contributed by atoms with Crippen LogP contribution < -0.4 is 5.73 Å². The highest BCUT2D eigenvalue weighted by molar-refractivity contribution is 5.94. The summed E-state index contributed by atoms with van der Waals surface area (Å²) in [5.41, 5.74) is 3.91. The first-order valence-corrected chi connectivity index (χ1v) is 8.10.